The van der Waals surface area contributed by atoms with Crippen molar-refractivity contribution in [3.8, 4) is 0 Å². The Morgan fingerprint density at radius 2 is 2.07 bits per heavy atom. The Bertz CT molecular complexity index is 1010. The van der Waals surface area contributed by atoms with Crippen LogP contribution in [0.5, 0.6) is 0 Å². The summed E-state index contributed by atoms with van der Waals surface area (Å²) < 4.78 is 3.70. The maximum Gasteiger partial charge on any atom is 0.263 e. The lowest BCUT2D eigenvalue weighted by atomic mass is 10.2. The number of rotatable bonds is 8. The molecule has 0 saturated heterocycles. The van der Waals surface area contributed by atoms with Gasteiger partial charge in [-0.05, 0) is 48.1 Å². The molecule has 0 spiro atoms. The second-order valence-corrected chi connectivity index (χ2v) is 8.88. The molecule has 1 aliphatic carbocycles. The minimum Gasteiger partial charge on any atom is -0.287 e. The fourth-order valence-corrected chi connectivity index (χ4v) is 5.79. The predicted molar refractivity (Wildman–Crippen MR) is 108 cm³/mol. The van der Waals surface area contributed by atoms with E-state index in [-0.39, 0.29) is 5.56 Å². The SMILES string of the molecule is CCCCn1nnnc1CSc1nc2sc3c(c2c(=O)n1CCC)CCC3. The van der Waals surface area contributed by atoms with Crippen LogP contribution < -0.4 is 5.56 Å². The number of aryl methyl sites for hydroxylation is 3. The van der Waals surface area contributed by atoms with Crippen LogP contribution in [0.4, 0.5) is 0 Å². The highest BCUT2D eigenvalue weighted by molar-refractivity contribution is 7.98. The molecule has 0 atom stereocenters. The second-order valence-electron chi connectivity index (χ2n) is 6.85. The second kappa shape index (κ2) is 8.10. The molecule has 1 aliphatic rings. The molecule has 27 heavy (non-hydrogen) atoms. The topological polar surface area (TPSA) is 78.5 Å². The van der Waals surface area contributed by atoms with E-state index in [1.807, 2.05) is 9.25 Å². The highest BCUT2D eigenvalue weighted by atomic mass is 32.2. The number of fused-ring (bicyclic) bond motifs is 3. The maximum atomic E-state index is 13.2. The first-order chi connectivity index (χ1) is 13.2. The van der Waals surface area contributed by atoms with Gasteiger partial charge in [-0.1, -0.05) is 32.0 Å². The third kappa shape index (κ3) is 3.54. The highest BCUT2D eigenvalue weighted by Gasteiger charge is 2.23. The highest BCUT2D eigenvalue weighted by Crippen LogP contribution is 2.35. The normalized spacial score (nSPS) is 13.6. The molecule has 3 heterocycles. The first-order valence-electron chi connectivity index (χ1n) is 9.65. The van der Waals surface area contributed by atoms with Crippen molar-refractivity contribution in [1.82, 2.24) is 29.8 Å². The number of hydrogen-bond donors (Lipinski definition) is 0. The van der Waals surface area contributed by atoms with E-state index in [0.717, 1.165) is 66.3 Å². The van der Waals surface area contributed by atoms with Crippen molar-refractivity contribution in [3.63, 3.8) is 0 Å². The van der Waals surface area contributed by atoms with Gasteiger partial charge in [-0.2, -0.15) is 0 Å². The Labute approximate surface area is 166 Å². The zero-order chi connectivity index (χ0) is 18.8. The molecule has 0 bridgehead atoms. The molecule has 0 saturated carbocycles. The third-order valence-electron chi connectivity index (χ3n) is 4.90. The van der Waals surface area contributed by atoms with Crippen LogP contribution in [-0.4, -0.2) is 29.8 Å². The van der Waals surface area contributed by atoms with Crippen LogP contribution in [0.25, 0.3) is 10.2 Å². The van der Waals surface area contributed by atoms with Crippen molar-refractivity contribution in [2.24, 2.45) is 0 Å². The Balaban J connectivity index is 1.66. The largest absolute Gasteiger partial charge is 0.287 e. The molecule has 3 aromatic heterocycles. The Kier molecular flexibility index (Phi) is 5.58. The van der Waals surface area contributed by atoms with E-state index in [2.05, 4.69) is 29.4 Å². The van der Waals surface area contributed by atoms with Crippen LogP contribution >= 0.6 is 23.1 Å². The molecular formula is C18H24N6OS2. The summed E-state index contributed by atoms with van der Waals surface area (Å²) in [5.74, 6) is 1.45. The molecule has 0 fully saturated rings. The summed E-state index contributed by atoms with van der Waals surface area (Å²) in [6, 6.07) is 0. The van der Waals surface area contributed by atoms with Crippen molar-refractivity contribution < 1.29 is 0 Å². The molecule has 0 aliphatic heterocycles. The number of thiophene rings is 1. The van der Waals surface area contributed by atoms with Crippen LogP contribution in [0, 0.1) is 0 Å². The van der Waals surface area contributed by atoms with Gasteiger partial charge in [0.2, 0.25) is 0 Å². The summed E-state index contributed by atoms with van der Waals surface area (Å²) in [4.78, 5) is 20.3. The standard InChI is InChI=1S/C18H24N6OS2/c1-3-5-10-24-14(20-21-22-24)11-26-18-19-16-15(17(25)23(18)9-4-2)12-7-6-8-13(12)27-16/h3-11H2,1-2H3. The van der Waals surface area contributed by atoms with Crippen LogP contribution in [0.2, 0.25) is 0 Å². The number of thioether (sulfide) groups is 1. The van der Waals surface area contributed by atoms with Crippen molar-refractivity contribution in [2.75, 3.05) is 0 Å². The first-order valence-corrected chi connectivity index (χ1v) is 11.5. The van der Waals surface area contributed by atoms with E-state index >= 15 is 0 Å². The summed E-state index contributed by atoms with van der Waals surface area (Å²) in [7, 11) is 0. The zero-order valence-corrected chi connectivity index (χ0v) is 17.4. The molecule has 0 unspecified atom stereocenters. The van der Waals surface area contributed by atoms with E-state index < -0.39 is 0 Å². The fraction of sp³-hybridized carbons (Fsp3) is 0.611. The predicted octanol–water partition coefficient (Wildman–Crippen LogP) is 3.44. The van der Waals surface area contributed by atoms with E-state index in [1.54, 1.807) is 23.1 Å². The van der Waals surface area contributed by atoms with Gasteiger partial charge in [-0.3, -0.25) is 9.36 Å². The van der Waals surface area contributed by atoms with E-state index in [1.165, 1.54) is 10.4 Å². The van der Waals surface area contributed by atoms with Crippen LogP contribution in [-0.2, 0) is 31.7 Å². The molecule has 7 nitrogen and oxygen atoms in total. The lowest BCUT2D eigenvalue weighted by molar-refractivity contribution is 0.540. The zero-order valence-electron chi connectivity index (χ0n) is 15.8. The number of tetrazole rings is 1. The Hall–Kier alpha value is -1.74. The molecule has 144 valence electrons. The lowest BCUT2D eigenvalue weighted by Gasteiger charge is -2.11. The summed E-state index contributed by atoms with van der Waals surface area (Å²) in [5, 5.41) is 13.7. The maximum absolute atomic E-state index is 13.2. The lowest BCUT2D eigenvalue weighted by Crippen LogP contribution is -2.23. The minimum atomic E-state index is 0.120. The Morgan fingerprint density at radius 1 is 1.19 bits per heavy atom. The van der Waals surface area contributed by atoms with Gasteiger partial charge in [-0.15, -0.1) is 16.4 Å². The monoisotopic (exact) mass is 404 g/mol. The first kappa shape index (κ1) is 18.6. The quantitative estimate of drug-likeness (QED) is 0.423. The molecule has 9 heteroatoms. The Morgan fingerprint density at radius 3 is 2.89 bits per heavy atom. The number of hydrogen-bond acceptors (Lipinski definition) is 7. The molecule has 3 aromatic rings. The molecule has 0 aromatic carbocycles. The molecule has 0 radical (unpaired) electrons. The summed E-state index contributed by atoms with van der Waals surface area (Å²) in [6.45, 7) is 5.76. The van der Waals surface area contributed by atoms with Gasteiger partial charge in [0.1, 0.15) is 4.83 Å². The van der Waals surface area contributed by atoms with Gasteiger partial charge >= 0.3 is 0 Å². The van der Waals surface area contributed by atoms with Crippen LogP contribution in [0.15, 0.2) is 9.95 Å². The molecule has 0 N–H and O–H groups in total. The van der Waals surface area contributed by atoms with Crippen molar-refractivity contribution in [3.05, 3.63) is 26.6 Å². The van der Waals surface area contributed by atoms with Crippen molar-refractivity contribution in [2.45, 2.75) is 76.4 Å². The number of nitrogens with zero attached hydrogens (tertiary/aromatic N) is 6. The van der Waals surface area contributed by atoms with E-state index in [4.69, 9.17) is 4.98 Å². The van der Waals surface area contributed by atoms with Crippen molar-refractivity contribution in [1.29, 1.82) is 0 Å². The summed E-state index contributed by atoms with van der Waals surface area (Å²) >= 11 is 3.25. The van der Waals surface area contributed by atoms with E-state index in [9.17, 15) is 4.79 Å². The smallest absolute Gasteiger partial charge is 0.263 e. The van der Waals surface area contributed by atoms with Gasteiger partial charge in [0.15, 0.2) is 11.0 Å². The molecule has 0 amide bonds. The fourth-order valence-electron chi connectivity index (χ4n) is 3.53. The minimum absolute atomic E-state index is 0.120. The van der Waals surface area contributed by atoms with Gasteiger partial charge in [0.25, 0.3) is 5.56 Å². The van der Waals surface area contributed by atoms with Crippen LogP contribution in [0.1, 0.15) is 55.8 Å². The van der Waals surface area contributed by atoms with Gasteiger partial charge in [0.05, 0.1) is 11.1 Å². The van der Waals surface area contributed by atoms with E-state index in [0.29, 0.717) is 12.3 Å². The van der Waals surface area contributed by atoms with Gasteiger partial charge in [0, 0.05) is 18.0 Å². The third-order valence-corrected chi connectivity index (χ3v) is 7.06. The average molecular weight is 405 g/mol. The number of unbranched alkanes of at least 4 members (excludes halogenated alkanes) is 1. The molecular weight excluding hydrogens is 380 g/mol. The average Bonchev–Trinajstić information content (AvgIpc) is 3.36. The van der Waals surface area contributed by atoms with Crippen molar-refractivity contribution >= 4 is 33.3 Å². The number of aromatic nitrogens is 6. The van der Waals surface area contributed by atoms with Gasteiger partial charge in [-0.25, -0.2) is 9.67 Å². The summed E-state index contributed by atoms with van der Waals surface area (Å²) in [5.41, 5.74) is 1.37. The van der Waals surface area contributed by atoms with Crippen LogP contribution in [0.3, 0.4) is 0 Å². The summed E-state index contributed by atoms with van der Waals surface area (Å²) in [6.07, 6.45) is 6.30. The molecule has 4 rings (SSSR count). The van der Waals surface area contributed by atoms with Gasteiger partial charge < -0.3 is 0 Å².